The van der Waals surface area contributed by atoms with E-state index in [-0.39, 0.29) is 35.9 Å². The number of Topliss-reactive ketones (excluding diaryl/α,β-unsaturated/α-hetero) is 1. The Hall–Kier alpha value is -6.60. The predicted molar refractivity (Wildman–Crippen MR) is 298 cm³/mol. The third kappa shape index (κ3) is 8.81. The molecule has 11 atom stereocenters. The van der Waals surface area contributed by atoms with E-state index in [1.165, 1.54) is 12.7 Å². The van der Waals surface area contributed by atoms with Crippen LogP contribution in [0, 0.1) is 11.8 Å². The van der Waals surface area contributed by atoms with Gasteiger partial charge in [0.1, 0.15) is 47.3 Å². The van der Waals surface area contributed by atoms with Gasteiger partial charge in [0.2, 0.25) is 12.2 Å². The lowest BCUT2D eigenvalue weighted by atomic mass is 9.55. The van der Waals surface area contributed by atoms with Crippen LogP contribution in [0.5, 0.6) is 23.0 Å². The van der Waals surface area contributed by atoms with Crippen molar-refractivity contribution in [1.29, 1.82) is 0 Å². The van der Waals surface area contributed by atoms with Crippen molar-refractivity contribution in [1.82, 2.24) is 9.55 Å². The Balaban J connectivity index is 1.11. The number of hydrogen-bond donors (Lipinski definition) is 3. The zero-order valence-corrected chi connectivity index (χ0v) is 47.8. The summed E-state index contributed by atoms with van der Waals surface area (Å²) in [5.74, 6) is -2.03. The number of aromatic nitrogens is 2. The number of benzene rings is 3. The van der Waals surface area contributed by atoms with Crippen LogP contribution in [0.3, 0.4) is 0 Å². The van der Waals surface area contributed by atoms with Gasteiger partial charge in [0.15, 0.2) is 28.5 Å². The van der Waals surface area contributed by atoms with Crippen LogP contribution in [-0.2, 0) is 39.7 Å². The number of nitrogens with one attached hydrogen (secondary N) is 1. The fraction of sp³-hybridized carbons (Fsp3) is 0.492. The molecule has 4 fully saturated rings. The molecular weight excluding hydrogens is 1020 g/mol. The summed E-state index contributed by atoms with van der Waals surface area (Å²) < 4.78 is 60.6. The molecule has 11 rings (SSSR count). The number of ether oxygens (including phenoxy) is 9. The number of esters is 2. The molecule has 3 N–H and O–H groups in total. The second-order valence-electron chi connectivity index (χ2n) is 24.1. The van der Waals surface area contributed by atoms with E-state index in [0.29, 0.717) is 69.3 Å². The average molecular weight is 1100 g/mol. The Morgan fingerprint density at radius 3 is 2.35 bits per heavy atom. The predicted octanol–water partition coefficient (Wildman–Crippen LogP) is 10.1. The summed E-state index contributed by atoms with van der Waals surface area (Å²) in [6.45, 7) is 23.3. The number of nitrogens with zero attached hydrogens (tertiary/aromatic N) is 2. The van der Waals surface area contributed by atoms with Crippen molar-refractivity contribution >= 4 is 46.5 Å². The normalized spacial score (nSPS) is 31.1. The first-order valence-electron chi connectivity index (χ1n) is 27.7. The van der Waals surface area contributed by atoms with Crippen molar-refractivity contribution < 1.29 is 67.2 Å². The van der Waals surface area contributed by atoms with E-state index in [1.807, 2.05) is 78.0 Å². The highest BCUT2D eigenvalue weighted by Crippen LogP contribution is 2.70. The number of aliphatic hydroxyl groups is 2. The molecule has 7 heterocycles. The lowest BCUT2D eigenvalue weighted by Gasteiger charge is -2.57. The quantitative estimate of drug-likeness (QED) is 0.0522. The second kappa shape index (κ2) is 19.8. The van der Waals surface area contributed by atoms with Crippen LogP contribution in [0.1, 0.15) is 135 Å². The van der Waals surface area contributed by atoms with E-state index in [1.54, 1.807) is 51.1 Å². The zero-order valence-electron chi connectivity index (χ0n) is 47.8. The molecule has 1 aliphatic carbocycles. The van der Waals surface area contributed by atoms with Gasteiger partial charge in [-0.05, 0) is 137 Å². The van der Waals surface area contributed by atoms with Gasteiger partial charge in [-0.2, -0.15) is 0 Å². The van der Waals surface area contributed by atoms with Crippen LogP contribution in [0.25, 0.3) is 22.8 Å². The Labute approximate surface area is 466 Å². The van der Waals surface area contributed by atoms with E-state index in [2.05, 4.69) is 42.8 Å². The van der Waals surface area contributed by atoms with Crippen LogP contribution in [-0.4, -0.2) is 110 Å². The third-order valence-electron chi connectivity index (χ3n) is 17.3. The first-order chi connectivity index (χ1) is 37.8. The standard InChI is InChI=1S/C63H73N3O14/c1-32(2)17-16-28-61(12)29-27-40-50(78-61)39(25-20-33(3)4)52-44(51(40)76-56(71)37-21-23-38(24-22-37)74-57-49(68)48(67)53-43(75-57)31-73-60(10,11)77-53)46-45-47(66-42-19-15-14-18-41(42)64-58(66)65-46)35(6)54(69)62(30-26-34(5)55(70)72-13)63(45,79-52)36(7)59(8,9)80-62/h14-15,17-24,26-27,29,35-36,43,47-49,53,57,67-68H,16,25,28,30-31H2,1-13H3,(H,64,65)/b34-26-/t35-,36+,43+,47?,48+,49+,53+,57+,61?,62?,63?/m0/s1. The summed E-state index contributed by atoms with van der Waals surface area (Å²) in [6, 6.07) is 13.3. The van der Waals surface area contributed by atoms with Crippen LogP contribution in [0.2, 0.25) is 0 Å². The van der Waals surface area contributed by atoms with Gasteiger partial charge in [0, 0.05) is 35.0 Å². The number of hydrogen-bond acceptors (Lipinski definition) is 16. The molecule has 6 aliphatic heterocycles. The molecule has 17 heteroatoms. The fourth-order valence-electron chi connectivity index (χ4n) is 13.0. The van der Waals surface area contributed by atoms with Crippen molar-refractivity contribution in [2.75, 3.05) is 19.0 Å². The highest BCUT2D eigenvalue weighted by Gasteiger charge is 2.79. The fourth-order valence-corrected chi connectivity index (χ4v) is 13.0. The molecule has 0 radical (unpaired) electrons. The van der Waals surface area contributed by atoms with E-state index < -0.39 is 88.7 Å². The SMILES string of the molecule is COC(=O)/C(C)=C\CC12OC(C)(C)[C@@H](C)C13Oc1c(CC=C(C)C)c4c(c(OC(=O)c5ccc(O[C@@H]6O[C@@H]7COC(C)(C)O[C@H]7[C@H](O)[C@H]6O)cc5)c1C1=C3C([C@H](C)C2=O)n2c(nc3ccccc32)N1)C=CC(C)(CCC=C(C)C)O4. The van der Waals surface area contributed by atoms with Crippen LogP contribution < -0.4 is 24.3 Å². The maximum Gasteiger partial charge on any atom is 0.343 e. The van der Waals surface area contributed by atoms with Crippen LogP contribution >= 0.6 is 0 Å². The van der Waals surface area contributed by atoms with Crippen molar-refractivity contribution in [3.8, 4) is 23.0 Å². The Kier molecular flexibility index (Phi) is 13.7. The number of anilines is 1. The summed E-state index contributed by atoms with van der Waals surface area (Å²) in [5.41, 5.74) is 1.98. The first-order valence-corrected chi connectivity index (χ1v) is 27.7. The van der Waals surface area contributed by atoms with Gasteiger partial charge in [-0.15, -0.1) is 0 Å². The highest BCUT2D eigenvalue weighted by molar-refractivity contribution is 6.03. The maximum atomic E-state index is 16.1. The Morgan fingerprint density at radius 1 is 0.912 bits per heavy atom. The summed E-state index contributed by atoms with van der Waals surface area (Å²) >= 11 is 0. The molecule has 0 amide bonds. The second-order valence-corrected chi connectivity index (χ2v) is 24.1. The maximum absolute atomic E-state index is 16.1. The number of carbonyl (C=O) groups excluding carboxylic acids is 3. The highest BCUT2D eigenvalue weighted by atomic mass is 16.8. The van der Waals surface area contributed by atoms with Gasteiger partial charge < -0.3 is 62.7 Å². The van der Waals surface area contributed by atoms with Crippen molar-refractivity contribution in [2.24, 2.45) is 11.8 Å². The molecule has 424 valence electrons. The minimum atomic E-state index is -1.72. The molecule has 1 aromatic heterocycles. The lowest BCUT2D eigenvalue weighted by molar-refractivity contribution is -0.373. The van der Waals surface area contributed by atoms with Crippen molar-refractivity contribution in [3.63, 3.8) is 0 Å². The average Bonchev–Trinajstić information content (AvgIpc) is 3.45. The molecule has 4 aromatic rings. The number of methoxy groups -OCH3 is 1. The number of fused-ring (bicyclic) bond motifs is 8. The summed E-state index contributed by atoms with van der Waals surface area (Å²) in [7, 11) is 1.32. The van der Waals surface area contributed by atoms with Gasteiger partial charge in [-0.3, -0.25) is 4.79 Å². The van der Waals surface area contributed by atoms with E-state index in [4.69, 9.17) is 47.6 Å². The minimum Gasteiger partial charge on any atom is -0.482 e. The Morgan fingerprint density at radius 2 is 1.64 bits per heavy atom. The van der Waals surface area contributed by atoms with E-state index >= 15 is 9.59 Å². The van der Waals surface area contributed by atoms with Gasteiger partial charge in [0.05, 0.1) is 58.8 Å². The number of aliphatic hydroxyl groups excluding tert-OH is 2. The Bertz CT molecular complexity index is 3370. The monoisotopic (exact) mass is 1100 g/mol. The number of para-hydroxylation sites is 2. The largest absolute Gasteiger partial charge is 0.482 e. The summed E-state index contributed by atoms with van der Waals surface area (Å²) in [6.07, 6.45) is 6.03. The van der Waals surface area contributed by atoms with Gasteiger partial charge in [-0.25, -0.2) is 14.6 Å². The zero-order chi connectivity index (χ0) is 57.2. The van der Waals surface area contributed by atoms with Crippen LogP contribution in [0.4, 0.5) is 5.95 Å². The molecule has 4 unspecified atom stereocenters. The molecule has 1 saturated carbocycles. The first kappa shape index (κ1) is 55.3. The molecule has 80 heavy (non-hydrogen) atoms. The topological polar surface area (TPSA) is 205 Å². The van der Waals surface area contributed by atoms with E-state index in [0.717, 1.165) is 17.5 Å². The van der Waals surface area contributed by atoms with Crippen LogP contribution in [0.15, 0.2) is 95.1 Å². The number of ketones is 1. The molecule has 0 bridgehead atoms. The van der Waals surface area contributed by atoms with Gasteiger partial charge >= 0.3 is 11.9 Å². The van der Waals surface area contributed by atoms with Crippen molar-refractivity contribution in [3.05, 3.63) is 117 Å². The molecular formula is C63H73N3O14. The summed E-state index contributed by atoms with van der Waals surface area (Å²) in [4.78, 5) is 49.5. The number of rotatable bonds is 12. The number of carbonyl (C=O) groups is 3. The smallest absolute Gasteiger partial charge is 0.343 e. The number of allylic oxidation sites excluding steroid dienone is 4. The lowest BCUT2D eigenvalue weighted by Crippen LogP contribution is -2.70. The minimum absolute atomic E-state index is 0.0343. The molecule has 17 nitrogen and oxygen atoms in total. The van der Waals surface area contributed by atoms with Crippen molar-refractivity contribution in [2.45, 2.75) is 174 Å². The molecule has 7 aliphatic rings. The van der Waals surface area contributed by atoms with E-state index in [9.17, 15) is 15.0 Å². The molecule has 3 saturated heterocycles. The molecule has 3 aromatic carbocycles. The third-order valence-corrected chi connectivity index (χ3v) is 17.3. The van der Waals surface area contributed by atoms with Gasteiger partial charge in [0.25, 0.3) is 0 Å². The number of imidazole rings is 1. The van der Waals surface area contributed by atoms with Gasteiger partial charge in [-0.1, -0.05) is 55.4 Å². The molecule has 1 spiro atoms. The summed E-state index contributed by atoms with van der Waals surface area (Å²) in [5, 5.41) is 26.0.